The molecule has 9 unspecified atom stereocenters. The Hall–Kier alpha value is -1.94. The lowest BCUT2D eigenvalue weighted by Gasteiger charge is -2.44. The van der Waals surface area contributed by atoms with Crippen LogP contribution in [0.3, 0.4) is 0 Å². The average molecular weight is 583 g/mol. The minimum atomic E-state index is -1.60. The Balaban J connectivity index is 2.06. The molecular weight excluding hydrogens is 536 g/mol. The number of urea groups is 2. The molecule has 0 bridgehead atoms. The van der Waals surface area contributed by atoms with Gasteiger partial charge in [-0.1, -0.05) is 0 Å². The number of ether oxygens (including phenoxy) is 4. The maximum atomic E-state index is 12.5. The first-order valence-electron chi connectivity index (χ1n) is 13.3. The topological polar surface area (TPSA) is 276 Å². The zero-order chi connectivity index (χ0) is 29.5. The van der Waals surface area contributed by atoms with Gasteiger partial charge in [0, 0.05) is 66.0 Å². The molecule has 40 heavy (non-hydrogen) atoms. The summed E-state index contributed by atoms with van der Waals surface area (Å²) in [5.41, 5.74) is 10.8. The highest BCUT2D eigenvalue weighted by atomic mass is 16.7. The molecule has 18 nitrogen and oxygen atoms in total. The standard InChI is InChI=1S/C22H46N8O10/c1-37-20-17(34)18(13(11-31)39-20)40-19-14(30-22(36)28-9-7-26-5-3-24)16(33)15(32)12(38-19)10-29-21(35)27-8-6-25-4-2-23/h12-20,25-26,31-34H,2-11,23-24H2,1H3,(H2,27,29,35)(H2,28,30,36). The van der Waals surface area contributed by atoms with Gasteiger partial charge in [-0.05, 0) is 0 Å². The van der Waals surface area contributed by atoms with E-state index in [0.29, 0.717) is 45.8 Å². The van der Waals surface area contributed by atoms with Crippen molar-refractivity contribution in [2.45, 2.75) is 55.2 Å². The monoisotopic (exact) mass is 582 g/mol. The first kappa shape index (κ1) is 34.3. The lowest BCUT2D eigenvalue weighted by Crippen LogP contribution is -2.67. The number of aliphatic hydroxyl groups is 4. The van der Waals surface area contributed by atoms with Crippen LogP contribution in [0.1, 0.15) is 0 Å². The molecule has 2 heterocycles. The quantitative estimate of drug-likeness (QED) is 0.0711. The summed E-state index contributed by atoms with van der Waals surface area (Å²) in [6.07, 6.45) is -10.3. The summed E-state index contributed by atoms with van der Waals surface area (Å²) in [5, 5.41) is 58.3. The van der Waals surface area contributed by atoms with Crippen LogP contribution in [-0.2, 0) is 18.9 Å². The van der Waals surface area contributed by atoms with Gasteiger partial charge in [0.05, 0.1) is 6.61 Å². The Morgan fingerprint density at radius 1 is 0.775 bits per heavy atom. The molecule has 2 aliphatic rings. The number of hydrogen-bond acceptors (Lipinski definition) is 14. The second kappa shape index (κ2) is 18.5. The number of carbonyl (C=O) groups excluding carboxylic acids is 2. The van der Waals surface area contributed by atoms with Crippen LogP contribution in [0.2, 0.25) is 0 Å². The van der Waals surface area contributed by atoms with E-state index in [2.05, 4.69) is 31.9 Å². The van der Waals surface area contributed by atoms with E-state index >= 15 is 0 Å². The Morgan fingerprint density at radius 2 is 1.38 bits per heavy atom. The second-order valence-corrected chi connectivity index (χ2v) is 9.22. The van der Waals surface area contributed by atoms with Crippen molar-refractivity contribution in [1.82, 2.24) is 31.9 Å². The van der Waals surface area contributed by atoms with Gasteiger partial charge in [0.25, 0.3) is 0 Å². The fraction of sp³-hybridized carbons (Fsp3) is 0.909. The van der Waals surface area contributed by atoms with Crippen molar-refractivity contribution in [1.29, 1.82) is 0 Å². The van der Waals surface area contributed by atoms with Crippen molar-refractivity contribution in [3.8, 4) is 0 Å². The van der Waals surface area contributed by atoms with Gasteiger partial charge in [0.2, 0.25) is 0 Å². The van der Waals surface area contributed by atoms with Crippen molar-refractivity contribution in [3.63, 3.8) is 0 Å². The van der Waals surface area contributed by atoms with E-state index in [1.165, 1.54) is 7.11 Å². The number of nitrogens with two attached hydrogens (primary N) is 2. The highest BCUT2D eigenvalue weighted by Crippen LogP contribution is 2.29. The van der Waals surface area contributed by atoms with Gasteiger partial charge < -0.3 is 82.7 Å². The van der Waals surface area contributed by atoms with Gasteiger partial charge >= 0.3 is 12.1 Å². The zero-order valence-electron chi connectivity index (χ0n) is 22.7. The number of rotatable bonds is 17. The van der Waals surface area contributed by atoms with Crippen LogP contribution in [0.5, 0.6) is 0 Å². The molecule has 9 atom stereocenters. The highest BCUT2D eigenvalue weighted by molar-refractivity contribution is 5.74. The first-order valence-corrected chi connectivity index (χ1v) is 13.3. The number of nitrogens with one attached hydrogen (secondary N) is 6. The van der Waals surface area contributed by atoms with E-state index in [1.54, 1.807) is 0 Å². The number of amides is 4. The molecule has 14 N–H and O–H groups in total. The molecule has 0 spiro atoms. The lowest BCUT2D eigenvalue weighted by atomic mass is 9.96. The van der Waals surface area contributed by atoms with E-state index < -0.39 is 73.9 Å². The van der Waals surface area contributed by atoms with Crippen molar-refractivity contribution < 1.29 is 49.0 Å². The summed E-state index contributed by atoms with van der Waals surface area (Å²) >= 11 is 0. The number of hydrogen-bond donors (Lipinski definition) is 12. The number of carbonyl (C=O) groups is 2. The molecule has 2 rings (SSSR count). The first-order chi connectivity index (χ1) is 19.3. The molecule has 2 aliphatic heterocycles. The van der Waals surface area contributed by atoms with Crippen LogP contribution in [0.25, 0.3) is 0 Å². The second-order valence-electron chi connectivity index (χ2n) is 9.22. The predicted molar refractivity (Wildman–Crippen MR) is 140 cm³/mol. The van der Waals surface area contributed by atoms with Crippen LogP contribution in [0, 0.1) is 0 Å². The number of aliphatic hydroxyl groups excluding tert-OH is 4. The van der Waals surface area contributed by atoms with Gasteiger partial charge in [-0.2, -0.15) is 0 Å². The van der Waals surface area contributed by atoms with Gasteiger partial charge in [-0.25, -0.2) is 9.59 Å². The Bertz CT molecular complexity index is 740. The van der Waals surface area contributed by atoms with Gasteiger partial charge in [-0.3, -0.25) is 0 Å². The molecule has 2 fully saturated rings. The predicted octanol–water partition coefficient (Wildman–Crippen LogP) is -6.39. The molecule has 0 aromatic rings. The minimum absolute atomic E-state index is 0.222. The highest BCUT2D eigenvalue weighted by Gasteiger charge is 2.51. The molecular formula is C22H46N8O10. The smallest absolute Gasteiger partial charge is 0.315 e. The van der Waals surface area contributed by atoms with Crippen LogP contribution in [0.15, 0.2) is 0 Å². The molecule has 0 radical (unpaired) electrons. The summed E-state index contributed by atoms with van der Waals surface area (Å²) < 4.78 is 22.3. The summed E-state index contributed by atoms with van der Waals surface area (Å²) in [6.45, 7) is 2.83. The Kier molecular flexibility index (Phi) is 15.8. The van der Waals surface area contributed by atoms with E-state index in [1.807, 2.05) is 0 Å². The van der Waals surface area contributed by atoms with E-state index in [9.17, 15) is 30.0 Å². The maximum absolute atomic E-state index is 12.5. The van der Waals surface area contributed by atoms with Crippen LogP contribution < -0.4 is 43.4 Å². The van der Waals surface area contributed by atoms with E-state index in [4.69, 9.17) is 30.4 Å². The molecule has 2 saturated heterocycles. The van der Waals surface area contributed by atoms with Crippen LogP contribution in [-0.4, -0.2) is 160 Å². The van der Waals surface area contributed by atoms with Crippen molar-refractivity contribution >= 4 is 12.1 Å². The summed E-state index contributed by atoms with van der Waals surface area (Å²) in [6, 6.07) is -2.53. The third-order valence-corrected chi connectivity index (χ3v) is 6.27. The molecule has 234 valence electrons. The molecule has 4 amide bonds. The third-order valence-electron chi connectivity index (χ3n) is 6.27. The summed E-state index contributed by atoms with van der Waals surface area (Å²) in [4.78, 5) is 24.7. The van der Waals surface area contributed by atoms with Crippen molar-refractivity contribution in [2.75, 3.05) is 72.6 Å². The third kappa shape index (κ3) is 10.5. The van der Waals surface area contributed by atoms with Gasteiger partial charge in [0.15, 0.2) is 12.6 Å². The molecule has 0 aromatic heterocycles. The summed E-state index contributed by atoms with van der Waals surface area (Å²) in [5.74, 6) is 0. The van der Waals surface area contributed by atoms with Gasteiger partial charge in [-0.15, -0.1) is 0 Å². The lowest BCUT2D eigenvalue weighted by molar-refractivity contribution is -0.283. The molecule has 0 aromatic carbocycles. The Labute approximate surface area is 232 Å². The molecule has 18 heteroatoms. The normalized spacial score (nSPS) is 32.0. The average Bonchev–Trinajstić information content (AvgIpc) is 3.25. The van der Waals surface area contributed by atoms with Gasteiger partial charge in [0.1, 0.15) is 42.7 Å². The van der Waals surface area contributed by atoms with Crippen molar-refractivity contribution in [3.05, 3.63) is 0 Å². The molecule has 0 aliphatic carbocycles. The maximum Gasteiger partial charge on any atom is 0.315 e. The largest absolute Gasteiger partial charge is 0.394 e. The summed E-state index contributed by atoms with van der Waals surface area (Å²) in [7, 11) is 1.31. The fourth-order valence-electron chi connectivity index (χ4n) is 4.18. The number of methoxy groups -OCH3 is 1. The van der Waals surface area contributed by atoms with Crippen molar-refractivity contribution in [2.24, 2.45) is 11.5 Å². The van der Waals surface area contributed by atoms with Crippen LogP contribution in [0.4, 0.5) is 9.59 Å². The molecule has 0 saturated carbocycles. The fourth-order valence-corrected chi connectivity index (χ4v) is 4.18. The van der Waals surface area contributed by atoms with E-state index in [-0.39, 0.29) is 13.1 Å². The van der Waals surface area contributed by atoms with Crippen LogP contribution >= 0.6 is 0 Å². The van der Waals surface area contributed by atoms with E-state index in [0.717, 1.165) is 0 Å². The Morgan fingerprint density at radius 3 is 1.95 bits per heavy atom. The minimum Gasteiger partial charge on any atom is -0.394 e. The zero-order valence-corrected chi connectivity index (χ0v) is 22.7. The SMILES string of the molecule is COC1OC(CO)C(OC2OC(CNC(=O)NCCNCCN)C(O)C(O)C2NC(=O)NCCNCCN)C1O.